The molecule has 162 valence electrons. The number of nitrogens with one attached hydrogen (secondary N) is 1. The lowest BCUT2D eigenvalue weighted by Gasteiger charge is -2.48. The van der Waals surface area contributed by atoms with Gasteiger partial charge in [0.25, 0.3) is 5.91 Å². The first-order chi connectivity index (χ1) is 14.8. The number of aliphatic hydroxyl groups is 1. The molecule has 1 aromatic heterocycles. The molecule has 2 aromatic carbocycles. The van der Waals surface area contributed by atoms with Crippen molar-refractivity contribution in [3.63, 3.8) is 0 Å². The Morgan fingerprint density at radius 1 is 1.16 bits per heavy atom. The molecule has 1 aliphatic heterocycles. The number of likely N-dealkylation sites (tertiary alicyclic amines) is 1. The van der Waals surface area contributed by atoms with Gasteiger partial charge in [-0.25, -0.2) is 8.78 Å². The van der Waals surface area contributed by atoms with Crippen molar-refractivity contribution in [3.05, 3.63) is 93.7 Å². The van der Waals surface area contributed by atoms with Crippen LogP contribution in [0.5, 0.6) is 0 Å². The summed E-state index contributed by atoms with van der Waals surface area (Å²) in [6.45, 7) is 2.80. The molecule has 0 radical (unpaired) electrons. The molecular weight excluding hydrogens is 418 g/mol. The highest BCUT2D eigenvalue weighted by atomic mass is 32.1. The Balaban J connectivity index is 1.65. The third kappa shape index (κ3) is 4.84. The van der Waals surface area contributed by atoms with Gasteiger partial charge in [0.1, 0.15) is 11.6 Å². The standard InChI is InChI=1S/C24H24F2N2O2S/c1-24(30)11-12-28(15-16-4-2-5-19(26)14-16)21(20-6-3-13-31-20)22(24)27-23(29)17-7-9-18(25)10-8-17/h2-10,13-14,21-22,30H,11-12,15H2,1H3,(H,27,29). The molecule has 0 spiro atoms. The van der Waals surface area contributed by atoms with E-state index in [0.717, 1.165) is 10.4 Å². The summed E-state index contributed by atoms with van der Waals surface area (Å²) < 4.78 is 27.0. The lowest BCUT2D eigenvalue weighted by atomic mass is 9.81. The highest BCUT2D eigenvalue weighted by Gasteiger charge is 2.46. The van der Waals surface area contributed by atoms with E-state index < -0.39 is 17.5 Å². The largest absolute Gasteiger partial charge is 0.388 e. The summed E-state index contributed by atoms with van der Waals surface area (Å²) in [6.07, 6.45) is 0.443. The number of rotatable bonds is 5. The van der Waals surface area contributed by atoms with Gasteiger partial charge in [-0.2, -0.15) is 0 Å². The molecule has 3 unspecified atom stereocenters. The van der Waals surface area contributed by atoms with E-state index in [1.165, 1.54) is 36.4 Å². The molecule has 1 amide bonds. The average Bonchev–Trinajstić information content (AvgIpc) is 3.25. The van der Waals surface area contributed by atoms with Crippen molar-refractivity contribution < 1.29 is 18.7 Å². The summed E-state index contributed by atoms with van der Waals surface area (Å²) in [5.74, 6) is -1.09. The fraction of sp³-hybridized carbons (Fsp3) is 0.292. The molecule has 0 aliphatic carbocycles. The van der Waals surface area contributed by atoms with Crippen LogP contribution in [0.2, 0.25) is 0 Å². The van der Waals surface area contributed by atoms with E-state index in [0.29, 0.717) is 25.1 Å². The van der Waals surface area contributed by atoms with Crippen molar-refractivity contribution in [2.24, 2.45) is 0 Å². The average molecular weight is 443 g/mol. The second-order valence-corrected chi connectivity index (χ2v) is 9.11. The number of halogens is 2. The molecule has 0 saturated carbocycles. The van der Waals surface area contributed by atoms with Crippen molar-refractivity contribution in [1.29, 1.82) is 0 Å². The van der Waals surface area contributed by atoms with E-state index in [2.05, 4.69) is 10.2 Å². The van der Waals surface area contributed by atoms with Crippen LogP contribution in [0.25, 0.3) is 0 Å². The van der Waals surface area contributed by atoms with Crippen molar-refractivity contribution in [2.45, 2.75) is 37.6 Å². The van der Waals surface area contributed by atoms with Gasteiger partial charge in [0, 0.05) is 23.5 Å². The van der Waals surface area contributed by atoms with E-state index in [1.54, 1.807) is 24.3 Å². The normalized spacial score (nSPS) is 24.1. The molecule has 1 aliphatic rings. The highest BCUT2D eigenvalue weighted by Crippen LogP contribution is 2.39. The third-order valence-electron chi connectivity index (χ3n) is 5.79. The fourth-order valence-corrected chi connectivity index (χ4v) is 5.02. The number of hydrogen-bond acceptors (Lipinski definition) is 4. The molecular formula is C24H24F2N2O2S. The maximum Gasteiger partial charge on any atom is 0.251 e. The van der Waals surface area contributed by atoms with E-state index in [9.17, 15) is 18.7 Å². The van der Waals surface area contributed by atoms with Crippen molar-refractivity contribution in [1.82, 2.24) is 10.2 Å². The Hall–Kier alpha value is -2.61. The zero-order chi connectivity index (χ0) is 22.0. The molecule has 4 rings (SSSR count). The van der Waals surface area contributed by atoms with Gasteiger partial charge < -0.3 is 10.4 Å². The Kier molecular flexibility index (Phi) is 6.18. The molecule has 1 fully saturated rings. The van der Waals surface area contributed by atoms with Crippen molar-refractivity contribution in [2.75, 3.05) is 6.54 Å². The van der Waals surface area contributed by atoms with E-state index >= 15 is 0 Å². The van der Waals surface area contributed by atoms with Crippen LogP contribution < -0.4 is 5.32 Å². The molecule has 3 atom stereocenters. The predicted molar refractivity (Wildman–Crippen MR) is 117 cm³/mol. The number of thiophene rings is 1. The summed E-state index contributed by atoms with van der Waals surface area (Å²) in [6, 6.07) is 14.8. The maximum absolute atomic E-state index is 13.7. The summed E-state index contributed by atoms with van der Waals surface area (Å²) in [5, 5.41) is 16.2. The second kappa shape index (κ2) is 8.86. The molecule has 4 nitrogen and oxygen atoms in total. The quantitative estimate of drug-likeness (QED) is 0.611. The van der Waals surface area contributed by atoms with Gasteiger partial charge in [-0.3, -0.25) is 9.69 Å². The Morgan fingerprint density at radius 2 is 1.94 bits per heavy atom. The number of hydrogen-bond donors (Lipinski definition) is 2. The van der Waals surface area contributed by atoms with Crippen LogP contribution in [-0.4, -0.2) is 34.1 Å². The van der Waals surface area contributed by atoms with Gasteiger partial charge in [0.05, 0.1) is 17.7 Å². The maximum atomic E-state index is 13.7. The lowest BCUT2D eigenvalue weighted by Crippen LogP contribution is -2.62. The molecule has 0 bridgehead atoms. The zero-order valence-corrected chi connectivity index (χ0v) is 17.9. The first kappa shape index (κ1) is 21.6. The minimum Gasteiger partial charge on any atom is -0.388 e. The first-order valence-corrected chi connectivity index (χ1v) is 11.0. The molecule has 2 heterocycles. The number of nitrogens with zero attached hydrogens (tertiary/aromatic N) is 1. The monoisotopic (exact) mass is 442 g/mol. The number of piperidine rings is 1. The molecule has 2 N–H and O–H groups in total. The lowest BCUT2D eigenvalue weighted by molar-refractivity contribution is -0.0656. The van der Waals surface area contributed by atoms with Crippen LogP contribution in [0.15, 0.2) is 66.0 Å². The second-order valence-electron chi connectivity index (χ2n) is 8.13. The number of carbonyl (C=O) groups excluding carboxylic acids is 1. The third-order valence-corrected chi connectivity index (χ3v) is 6.73. The minimum absolute atomic E-state index is 0.295. The number of amides is 1. The topological polar surface area (TPSA) is 52.6 Å². The summed E-state index contributed by atoms with van der Waals surface area (Å²) in [4.78, 5) is 16.1. The van der Waals surface area contributed by atoms with Crippen LogP contribution in [-0.2, 0) is 6.54 Å². The molecule has 1 saturated heterocycles. The zero-order valence-electron chi connectivity index (χ0n) is 17.1. The molecule has 3 aromatic rings. The Bertz CT molecular complexity index is 1040. The Labute approximate surface area is 184 Å². The SMILES string of the molecule is CC1(O)CCN(Cc2cccc(F)c2)C(c2cccs2)C1NC(=O)c1ccc(F)cc1. The Morgan fingerprint density at radius 3 is 2.61 bits per heavy atom. The van der Waals surface area contributed by atoms with Gasteiger partial charge in [-0.15, -0.1) is 11.3 Å². The predicted octanol–water partition coefficient (Wildman–Crippen LogP) is 4.52. The molecule has 7 heteroatoms. The van der Waals surface area contributed by atoms with Crippen molar-refractivity contribution in [3.8, 4) is 0 Å². The minimum atomic E-state index is -1.15. The first-order valence-electron chi connectivity index (χ1n) is 10.1. The van der Waals surface area contributed by atoms with Gasteiger partial charge in [0.15, 0.2) is 0 Å². The van der Waals surface area contributed by atoms with E-state index in [4.69, 9.17) is 0 Å². The number of benzene rings is 2. The molecule has 31 heavy (non-hydrogen) atoms. The van der Waals surface area contributed by atoms with Crippen LogP contribution in [0.4, 0.5) is 8.78 Å². The van der Waals surface area contributed by atoms with Gasteiger partial charge in [0.2, 0.25) is 0 Å². The van der Waals surface area contributed by atoms with E-state index in [1.807, 2.05) is 23.6 Å². The van der Waals surface area contributed by atoms with Crippen LogP contribution >= 0.6 is 11.3 Å². The van der Waals surface area contributed by atoms with Gasteiger partial charge >= 0.3 is 0 Å². The summed E-state index contributed by atoms with van der Waals surface area (Å²) >= 11 is 1.55. The van der Waals surface area contributed by atoms with E-state index in [-0.39, 0.29) is 17.8 Å². The van der Waals surface area contributed by atoms with Crippen LogP contribution in [0.3, 0.4) is 0 Å². The highest BCUT2D eigenvalue weighted by molar-refractivity contribution is 7.10. The van der Waals surface area contributed by atoms with Crippen LogP contribution in [0.1, 0.15) is 40.2 Å². The summed E-state index contributed by atoms with van der Waals surface area (Å²) in [7, 11) is 0. The van der Waals surface area contributed by atoms with Gasteiger partial charge in [-0.05, 0) is 66.8 Å². The van der Waals surface area contributed by atoms with Gasteiger partial charge in [-0.1, -0.05) is 18.2 Å². The fourth-order valence-electron chi connectivity index (χ4n) is 4.13. The summed E-state index contributed by atoms with van der Waals surface area (Å²) in [5.41, 5.74) is -0.000854. The van der Waals surface area contributed by atoms with Crippen LogP contribution in [0, 0.1) is 11.6 Å². The smallest absolute Gasteiger partial charge is 0.251 e. The van der Waals surface area contributed by atoms with Crippen molar-refractivity contribution >= 4 is 17.2 Å². The number of carbonyl (C=O) groups is 1.